The summed E-state index contributed by atoms with van der Waals surface area (Å²) < 4.78 is 2.78. The number of hydrogen-bond acceptors (Lipinski definition) is 5. The molecule has 4 aromatic rings. The van der Waals surface area contributed by atoms with Crippen molar-refractivity contribution < 1.29 is 9.72 Å². The highest BCUT2D eigenvalue weighted by molar-refractivity contribution is 7.23. The van der Waals surface area contributed by atoms with Crippen LogP contribution in [-0.4, -0.2) is 20.6 Å². The molecule has 0 unspecified atom stereocenters. The van der Waals surface area contributed by atoms with Crippen LogP contribution in [0.5, 0.6) is 0 Å². The number of carbonyl (C=O) groups is 1. The zero-order valence-electron chi connectivity index (χ0n) is 12.0. The number of fused-ring (bicyclic) bond motifs is 3. The van der Waals surface area contributed by atoms with Gasteiger partial charge in [-0.1, -0.05) is 41.1 Å². The van der Waals surface area contributed by atoms with Gasteiger partial charge in [-0.2, -0.15) is 0 Å². The molecule has 24 heavy (non-hydrogen) atoms. The van der Waals surface area contributed by atoms with Gasteiger partial charge in [-0.05, 0) is 18.2 Å². The predicted octanol–water partition coefficient (Wildman–Crippen LogP) is 4.59. The highest BCUT2D eigenvalue weighted by atomic mass is 35.5. The van der Waals surface area contributed by atoms with Crippen molar-refractivity contribution in [3.63, 3.8) is 0 Å². The van der Waals surface area contributed by atoms with Crippen molar-refractivity contribution in [3.05, 3.63) is 63.3 Å². The smallest absolute Gasteiger partial charge is 0.288 e. The number of thiazole rings is 1. The van der Waals surface area contributed by atoms with E-state index in [1.807, 2.05) is 24.3 Å². The zero-order chi connectivity index (χ0) is 16.8. The average molecular weight is 358 g/mol. The minimum Gasteiger partial charge on any atom is -0.296 e. The van der Waals surface area contributed by atoms with Gasteiger partial charge in [0, 0.05) is 11.6 Å². The first-order valence-corrected chi connectivity index (χ1v) is 8.09. The fourth-order valence-corrected chi connectivity index (χ4v) is 3.88. The Bertz CT molecular complexity index is 1130. The molecule has 0 N–H and O–H groups in total. The average Bonchev–Trinajstić information content (AvgIpc) is 3.10. The second-order valence-corrected chi connectivity index (χ2v) is 6.49. The van der Waals surface area contributed by atoms with Gasteiger partial charge in [0.1, 0.15) is 16.4 Å². The van der Waals surface area contributed by atoms with E-state index in [9.17, 15) is 14.9 Å². The van der Waals surface area contributed by atoms with Crippen LogP contribution < -0.4 is 0 Å². The van der Waals surface area contributed by atoms with Crippen molar-refractivity contribution in [1.82, 2.24) is 9.38 Å². The zero-order valence-corrected chi connectivity index (χ0v) is 13.5. The van der Waals surface area contributed by atoms with E-state index in [-0.39, 0.29) is 10.7 Å². The molecule has 4 rings (SSSR count). The summed E-state index contributed by atoms with van der Waals surface area (Å²) in [6.07, 6.45) is 0.717. The van der Waals surface area contributed by atoms with Crippen LogP contribution in [0, 0.1) is 10.1 Å². The van der Waals surface area contributed by atoms with Crippen molar-refractivity contribution in [2.45, 2.75) is 0 Å². The minimum atomic E-state index is -0.555. The van der Waals surface area contributed by atoms with Crippen LogP contribution in [0.3, 0.4) is 0 Å². The number of halogens is 1. The summed E-state index contributed by atoms with van der Waals surface area (Å²) in [4.78, 5) is 27.4. The molecule has 8 heteroatoms. The standard InChI is InChI=1S/C16H8ClN3O3S/c17-10-6-5-9(7-12(10)20(22)23)15-13(8-21)19-11-3-1-2-4-14(11)24-16(19)18-15/h1-8H. The molecular weight excluding hydrogens is 350 g/mol. The molecule has 6 nitrogen and oxygen atoms in total. The highest BCUT2D eigenvalue weighted by Crippen LogP contribution is 2.35. The predicted molar refractivity (Wildman–Crippen MR) is 93.1 cm³/mol. The lowest BCUT2D eigenvalue weighted by atomic mass is 10.1. The molecule has 0 aliphatic rings. The molecule has 0 atom stereocenters. The Labute approximate surface area is 144 Å². The molecule has 0 aliphatic heterocycles. The summed E-state index contributed by atoms with van der Waals surface area (Å²) in [6, 6.07) is 12.1. The molecule has 118 valence electrons. The third-order valence-corrected chi connectivity index (χ3v) is 5.06. The largest absolute Gasteiger partial charge is 0.296 e. The lowest BCUT2D eigenvalue weighted by molar-refractivity contribution is -0.384. The Hall–Kier alpha value is -2.77. The number of nitro benzene ring substituents is 1. The number of carbonyl (C=O) groups excluding carboxylic acids is 1. The highest BCUT2D eigenvalue weighted by Gasteiger charge is 2.20. The molecule has 0 radical (unpaired) electrons. The monoisotopic (exact) mass is 357 g/mol. The van der Waals surface area contributed by atoms with Crippen LogP contribution in [0.15, 0.2) is 42.5 Å². The van der Waals surface area contributed by atoms with Crippen LogP contribution in [0.4, 0.5) is 5.69 Å². The van der Waals surface area contributed by atoms with Crippen LogP contribution >= 0.6 is 22.9 Å². The van der Waals surface area contributed by atoms with E-state index in [1.54, 1.807) is 10.5 Å². The topological polar surface area (TPSA) is 77.5 Å². The summed E-state index contributed by atoms with van der Waals surface area (Å²) >= 11 is 7.31. The molecule has 2 heterocycles. The van der Waals surface area contributed by atoms with Gasteiger partial charge in [-0.3, -0.25) is 19.3 Å². The summed E-state index contributed by atoms with van der Waals surface area (Å²) in [5.41, 5.74) is 1.91. The molecule has 0 saturated heterocycles. The van der Waals surface area contributed by atoms with Gasteiger partial charge in [0.15, 0.2) is 11.2 Å². The Morgan fingerprint density at radius 2 is 2.04 bits per heavy atom. The second kappa shape index (κ2) is 5.40. The van der Waals surface area contributed by atoms with Gasteiger partial charge in [-0.15, -0.1) is 0 Å². The SMILES string of the molecule is O=Cc1c(-c2ccc(Cl)c([N+](=O)[O-])c2)nc2sc3ccccc3n12. The molecule has 0 saturated carbocycles. The number of nitro groups is 1. The van der Waals surface area contributed by atoms with Crippen LogP contribution in [-0.2, 0) is 0 Å². The Kier molecular flexibility index (Phi) is 3.33. The summed E-state index contributed by atoms with van der Waals surface area (Å²) in [6.45, 7) is 0. The molecule has 0 fully saturated rings. The van der Waals surface area contributed by atoms with E-state index in [0.717, 1.165) is 16.5 Å². The molecular formula is C16H8ClN3O3S. The first-order valence-electron chi connectivity index (χ1n) is 6.89. The Balaban J connectivity index is 2.02. The Morgan fingerprint density at radius 3 is 2.79 bits per heavy atom. The fourth-order valence-electron chi connectivity index (χ4n) is 2.66. The summed E-state index contributed by atoms with van der Waals surface area (Å²) in [7, 11) is 0. The summed E-state index contributed by atoms with van der Waals surface area (Å²) in [5, 5.41) is 11.1. The van der Waals surface area contributed by atoms with E-state index < -0.39 is 4.92 Å². The van der Waals surface area contributed by atoms with Crippen molar-refractivity contribution in [3.8, 4) is 11.3 Å². The first-order chi connectivity index (χ1) is 11.6. The van der Waals surface area contributed by atoms with Gasteiger partial charge in [-0.25, -0.2) is 4.98 Å². The number of rotatable bonds is 3. The van der Waals surface area contributed by atoms with Crippen molar-refractivity contribution >= 4 is 50.1 Å². The van der Waals surface area contributed by atoms with Crippen LogP contribution in [0.2, 0.25) is 5.02 Å². The molecule has 0 amide bonds. The third-order valence-electron chi connectivity index (χ3n) is 3.72. The maximum absolute atomic E-state index is 11.7. The van der Waals surface area contributed by atoms with Gasteiger partial charge >= 0.3 is 0 Å². The number of aldehydes is 1. The van der Waals surface area contributed by atoms with Crippen molar-refractivity contribution in [2.24, 2.45) is 0 Å². The van der Waals surface area contributed by atoms with Crippen molar-refractivity contribution in [1.29, 1.82) is 0 Å². The number of para-hydroxylation sites is 1. The molecule has 0 spiro atoms. The van der Waals surface area contributed by atoms with Gasteiger partial charge < -0.3 is 0 Å². The van der Waals surface area contributed by atoms with Gasteiger partial charge in [0.05, 0.1) is 15.1 Å². The van der Waals surface area contributed by atoms with E-state index in [1.165, 1.54) is 23.5 Å². The van der Waals surface area contributed by atoms with Gasteiger partial charge in [0.25, 0.3) is 5.69 Å². The number of aromatic nitrogens is 2. The van der Waals surface area contributed by atoms with Crippen molar-refractivity contribution in [2.75, 3.05) is 0 Å². The molecule has 0 bridgehead atoms. The summed E-state index contributed by atoms with van der Waals surface area (Å²) in [5.74, 6) is 0. The molecule has 0 aliphatic carbocycles. The third kappa shape index (κ3) is 2.10. The maximum Gasteiger partial charge on any atom is 0.288 e. The first kappa shape index (κ1) is 14.8. The second-order valence-electron chi connectivity index (χ2n) is 5.07. The van der Waals surface area contributed by atoms with E-state index in [4.69, 9.17) is 11.6 Å². The minimum absolute atomic E-state index is 0.0443. The maximum atomic E-state index is 11.7. The number of nitrogens with zero attached hydrogens (tertiary/aromatic N) is 3. The van der Waals surface area contributed by atoms with Crippen LogP contribution in [0.25, 0.3) is 26.4 Å². The lowest BCUT2D eigenvalue weighted by Gasteiger charge is -2.01. The lowest BCUT2D eigenvalue weighted by Crippen LogP contribution is -1.93. The van der Waals surface area contributed by atoms with Gasteiger partial charge in [0.2, 0.25) is 0 Å². The number of benzene rings is 2. The quantitative estimate of drug-likeness (QED) is 0.305. The fraction of sp³-hybridized carbons (Fsp3) is 0. The van der Waals surface area contributed by atoms with E-state index in [2.05, 4.69) is 4.98 Å². The van der Waals surface area contributed by atoms with Crippen LogP contribution in [0.1, 0.15) is 10.5 Å². The Morgan fingerprint density at radius 1 is 1.25 bits per heavy atom. The van der Waals surface area contributed by atoms with E-state index >= 15 is 0 Å². The number of hydrogen-bond donors (Lipinski definition) is 0. The normalized spacial score (nSPS) is 11.2. The van der Waals surface area contributed by atoms with E-state index in [0.29, 0.717) is 21.9 Å². The number of imidazole rings is 1. The molecule has 2 aromatic carbocycles. The molecule has 2 aromatic heterocycles.